The van der Waals surface area contributed by atoms with Crippen LogP contribution >= 0.6 is 12.0 Å². The van der Waals surface area contributed by atoms with Gasteiger partial charge in [-0.1, -0.05) is 62.2 Å². The summed E-state index contributed by atoms with van der Waals surface area (Å²) in [7, 11) is 0. The van der Waals surface area contributed by atoms with Crippen LogP contribution in [0.5, 0.6) is 11.5 Å². The largest absolute Gasteiger partial charge is 0.508 e. The van der Waals surface area contributed by atoms with E-state index >= 15 is 0 Å². The molecular formula is C22H24O2S. The molecule has 130 valence electrons. The van der Waals surface area contributed by atoms with Gasteiger partial charge in [-0.25, -0.2) is 0 Å². The third kappa shape index (κ3) is 6.20. The third-order valence-electron chi connectivity index (χ3n) is 3.31. The van der Waals surface area contributed by atoms with Gasteiger partial charge in [0.05, 0.1) is 12.0 Å². The summed E-state index contributed by atoms with van der Waals surface area (Å²) in [5.41, 5.74) is 3.66. The van der Waals surface area contributed by atoms with Gasteiger partial charge in [-0.2, -0.15) is 0 Å². The average molecular weight is 352 g/mol. The summed E-state index contributed by atoms with van der Waals surface area (Å²) in [5.74, 6) is 0.949. The van der Waals surface area contributed by atoms with E-state index in [9.17, 15) is 5.11 Å². The lowest BCUT2D eigenvalue weighted by atomic mass is 10.0. The highest BCUT2D eigenvalue weighted by Gasteiger charge is 2.01. The number of hydrogen-bond acceptors (Lipinski definition) is 3. The summed E-state index contributed by atoms with van der Waals surface area (Å²) in [6, 6.07) is 23.5. The van der Waals surface area contributed by atoms with Crippen LogP contribution in [0.25, 0.3) is 11.1 Å². The summed E-state index contributed by atoms with van der Waals surface area (Å²) in [6.45, 7) is 6.34. The van der Waals surface area contributed by atoms with Crippen LogP contribution in [0.1, 0.15) is 25.8 Å². The summed E-state index contributed by atoms with van der Waals surface area (Å²) in [4.78, 5) is 1.03. The summed E-state index contributed by atoms with van der Waals surface area (Å²) >= 11 is 1.30. The van der Waals surface area contributed by atoms with Crippen molar-refractivity contribution in [1.82, 2.24) is 0 Å². The van der Waals surface area contributed by atoms with E-state index in [1.165, 1.54) is 35.2 Å². The van der Waals surface area contributed by atoms with Crippen LogP contribution in [0.3, 0.4) is 0 Å². The van der Waals surface area contributed by atoms with Gasteiger partial charge in [0.1, 0.15) is 11.5 Å². The smallest absolute Gasteiger partial charge is 0.138 e. The lowest BCUT2D eigenvalue weighted by Crippen LogP contribution is -1.83. The van der Waals surface area contributed by atoms with Gasteiger partial charge in [0.2, 0.25) is 0 Å². The molecule has 0 saturated heterocycles. The monoisotopic (exact) mass is 352 g/mol. The number of hydrogen-bond donors (Lipinski definition) is 1. The van der Waals surface area contributed by atoms with Crippen LogP contribution < -0.4 is 4.18 Å². The molecule has 3 aromatic carbocycles. The Balaban J connectivity index is 0.000000701. The molecule has 2 nitrogen and oxygen atoms in total. The zero-order chi connectivity index (χ0) is 18.1. The normalized spacial score (nSPS) is 9.88. The predicted octanol–water partition coefficient (Wildman–Crippen LogP) is 6.87. The van der Waals surface area contributed by atoms with Gasteiger partial charge >= 0.3 is 0 Å². The Hall–Kier alpha value is -2.39. The van der Waals surface area contributed by atoms with Crippen LogP contribution in [-0.4, -0.2) is 5.11 Å². The van der Waals surface area contributed by atoms with Crippen molar-refractivity contribution in [2.75, 3.05) is 0 Å². The second-order valence-corrected chi connectivity index (χ2v) is 6.56. The van der Waals surface area contributed by atoms with Crippen LogP contribution in [0.15, 0.2) is 77.7 Å². The minimum Gasteiger partial charge on any atom is -0.508 e. The first-order valence-electron chi connectivity index (χ1n) is 8.43. The van der Waals surface area contributed by atoms with Gasteiger partial charge in [-0.3, -0.25) is 0 Å². The molecule has 3 heteroatoms. The molecule has 0 heterocycles. The zero-order valence-corrected chi connectivity index (χ0v) is 15.7. The van der Waals surface area contributed by atoms with Crippen LogP contribution in [-0.2, 0) is 0 Å². The molecule has 0 amide bonds. The first kappa shape index (κ1) is 18.9. The summed E-state index contributed by atoms with van der Waals surface area (Å²) in [6.07, 6.45) is 1.25. The van der Waals surface area contributed by atoms with Gasteiger partial charge in [0.25, 0.3) is 0 Å². The Kier molecular flexibility index (Phi) is 7.42. The highest BCUT2D eigenvalue weighted by atomic mass is 32.2. The maximum absolute atomic E-state index is 9.24. The fraction of sp³-hybridized carbons (Fsp3) is 0.182. The van der Waals surface area contributed by atoms with Crippen molar-refractivity contribution in [2.45, 2.75) is 32.1 Å². The van der Waals surface area contributed by atoms with E-state index in [4.69, 9.17) is 4.18 Å². The number of aromatic hydroxyl groups is 1. The van der Waals surface area contributed by atoms with Crippen LogP contribution in [0.2, 0.25) is 0 Å². The van der Waals surface area contributed by atoms with Crippen molar-refractivity contribution in [3.63, 3.8) is 0 Å². The van der Waals surface area contributed by atoms with Crippen molar-refractivity contribution < 1.29 is 9.29 Å². The molecule has 0 unspecified atom stereocenters. The van der Waals surface area contributed by atoms with E-state index in [2.05, 4.69) is 57.2 Å². The maximum atomic E-state index is 9.24. The molecular weight excluding hydrogens is 328 g/mol. The molecule has 0 radical (unpaired) electrons. The van der Waals surface area contributed by atoms with E-state index in [-0.39, 0.29) is 5.75 Å². The molecule has 0 bridgehead atoms. The predicted molar refractivity (Wildman–Crippen MR) is 107 cm³/mol. The van der Waals surface area contributed by atoms with Gasteiger partial charge in [-0.15, -0.1) is 0 Å². The number of rotatable bonds is 4. The molecule has 0 aliphatic rings. The molecule has 3 rings (SSSR count). The topological polar surface area (TPSA) is 29.5 Å². The maximum Gasteiger partial charge on any atom is 0.138 e. The average Bonchev–Trinajstić information content (AvgIpc) is 2.63. The molecule has 0 atom stereocenters. The second-order valence-electron chi connectivity index (χ2n) is 5.76. The molecule has 0 fully saturated rings. The Bertz CT molecular complexity index is 748. The Morgan fingerprint density at radius 1 is 0.760 bits per heavy atom. The molecule has 0 aliphatic carbocycles. The van der Waals surface area contributed by atoms with E-state index in [1.807, 2.05) is 12.1 Å². The Morgan fingerprint density at radius 3 is 1.76 bits per heavy atom. The van der Waals surface area contributed by atoms with E-state index in [0.29, 0.717) is 5.75 Å². The van der Waals surface area contributed by atoms with Gasteiger partial charge in [-0.05, 0) is 54.4 Å². The van der Waals surface area contributed by atoms with Gasteiger partial charge < -0.3 is 9.29 Å². The SMILES string of the molecule is CCC.Cc1ccc(-c2ccc(SOc3ccc(O)cc3)cc2)cc1. The molecule has 0 aromatic heterocycles. The lowest BCUT2D eigenvalue weighted by molar-refractivity contribution is 0.474. The van der Waals surface area contributed by atoms with Crippen LogP contribution in [0, 0.1) is 6.92 Å². The second kappa shape index (κ2) is 9.80. The minimum absolute atomic E-state index is 0.236. The van der Waals surface area contributed by atoms with Crippen LogP contribution in [0.4, 0.5) is 0 Å². The molecule has 0 saturated carbocycles. The lowest BCUT2D eigenvalue weighted by Gasteiger charge is -2.06. The summed E-state index contributed by atoms with van der Waals surface area (Å²) < 4.78 is 5.61. The highest BCUT2D eigenvalue weighted by molar-refractivity contribution is 7.95. The summed E-state index contributed by atoms with van der Waals surface area (Å²) in [5, 5.41) is 9.24. The Morgan fingerprint density at radius 2 is 1.24 bits per heavy atom. The molecule has 0 aliphatic heterocycles. The van der Waals surface area contributed by atoms with E-state index in [0.717, 1.165) is 4.90 Å². The molecule has 1 N–H and O–H groups in total. The fourth-order valence-corrected chi connectivity index (χ4v) is 2.60. The van der Waals surface area contributed by atoms with Gasteiger partial charge in [0.15, 0.2) is 0 Å². The first-order valence-corrected chi connectivity index (χ1v) is 9.17. The van der Waals surface area contributed by atoms with Gasteiger partial charge in [0, 0.05) is 4.90 Å². The number of aryl methyl sites for hydroxylation is 1. The van der Waals surface area contributed by atoms with E-state index < -0.39 is 0 Å². The van der Waals surface area contributed by atoms with Crippen molar-refractivity contribution >= 4 is 12.0 Å². The Labute approximate surface area is 154 Å². The number of phenolic OH excluding ortho intramolecular Hbond substituents is 1. The highest BCUT2D eigenvalue weighted by Crippen LogP contribution is 2.27. The minimum atomic E-state index is 0.236. The quantitative estimate of drug-likeness (QED) is 0.519. The van der Waals surface area contributed by atoms with Crippen molar-refractivity contribution in [2.24, 2.45) is 0 Å². The number of phenols is 1. The van der Waals surface area contributed by atoms with Crippen molar-refractivity contribution in [1.29, 1.82) is 0 Å². The van der Waals surface area contributed by atoms with Crippen molar-refractivity contribution in [3.8, 4) is 22.6 Å². The molecule has 3 aromatic rings. The number of benzene rings is 3. The zero-order valence-electron chi connectivity index (χ0n) is 14.9. The molecule has 0 spiro atoms. The van der Waals surface area contributed by atoms with Crippen molar-refractivity contribution in [3.05, 3.63) is 78.4 Å². The molecule has 25 heavy (non-hydrogen) atoms. The fourth-order valence-electron chi connectivity index (χ4n) is 2.05. The standard InChI is InChI=1S/C19H16O2S.C3H8/c1-14-2-4-15(5-3-14)16-6-12-19(13-7-16)22-21-18-10-8-17(20)9-11-18;1-3-2/h2-13,20H,1H3;3H2,1-2H3. The van der Waals surface area contributed by atoms with E-state index in [1.54, 1.807) is 24.3 Å². The first-order chi connectivity index (χ1) is 12.1. The third-order valence-corrected chi connectivity index (χ3v) is 4.05.